The molecule has 1 aromatic heterocycles. The van der Waals surface area contributed by atoms with E-state index in [2.05, 4.69) is 10.5 Å². The van der Waals surface area contributed by atoms with Gasteiger partial charge in [0.1, 0.15) is 24.7 Å². The Bertz CT molecular complexity index is 1090. The zero-order valence-electron chi connectivity index (χ0n) is 19.9. The molecule has 8 heteroatoms. The molecule has 0 spiro atoms. The molecule has 1 amide bonds. The van der Waals surface area contributed by atoms with E-state index in [1.165, 1.54) is 6.08 Å². The molecule has 0 fully saturated rings. The highest BCUT2D eigenvalue weighted by atomic mass is 16.5. The summed E-state index contributed by atoms with van der Waals surface area (Å²) in [5.41, 5.74) is 3.50. The second-order valence-electron chi connectivity index (χ2n) is 7.54. The number of carbonyl (C=O) groups is 1. The Balaban J connectivity index is 1.51. The minimum absolute atomic E-state index is 0.196. The van der Waals surface area contributed by atoms with Gasteiger partial charge in [-0.25, -0.2) is 0 Å². The van der Waals surface area contributed by atoms with Crippen molar-refractivity contribution in [2.75, 3.05) is 27.4 Å². The largest absolute Gasteiger partial charge is 0.493 e. The van der Waals surface area contributed by atoms with Gasteiger partial charge in [-0.15, -0.1) is 0 Å². The topological polar surface area (TPSA) is 92.1 Å². The zero-order chi connectivity index (χ0) is 24.3. The van der Waals surface area contributed by atoms with E-state index in [1.54, 1.807) is 20.3 Å². The van der Waals surface area contributed by atoms with Crippen LogP contribution >= 0.6 is 0 Å². The van der Waals surface area contributed by atoms with Crippen molar-refractivity contribution in [2.45, 2.75) is 27.0 Å². The molecule has 0 bridgehead atoms. The summed E-state index contributed by atoms with van der Waals surface area (Å²) in [7, 11) is 3.21. The maximum Gasteiger partial charge on any atom is 0.244 e. The van der Waals surface area contributed by atoms with Gasteiger partial charge in [0.05, 0.1) is 25.0 Å². The van der Waals surface area contributed by atoms with E-state index in [1.807, 2.05) is 56.3 Å². The van der Waals surface area contributed by atoms with Gasteiger partial charge >= 0.3 is 0 Å². The third kappa shape index (κ3) is 7.11. The Hall–Kier alpha value is -3.78. The summed E-state index contributed by atoms with van der Waals surface area (Å²) in [6.45, 7) is 5.50. The van der Waals surface area contributed by atoms with Crippen molar-refractivity contribution in [1.82, 2.24) is 10.5 Å². The van der Waals surface area contributed by atoms with Crippen molar-refractivity contribution in [3.8, 4) is 17.2 Å². The number of nitrogens with one attached hydrogen (secondary N) is 1. The summed E-state index contributed by atoms with van der Waals surface area (Å²) < 4.78 is 27.0. The maximum atomic E-state index is 12.2. The molecule has 0 aliphatic heterocycles. The fourth-order valence-corrected chi connectivity index (χ4v) is 3.13. The van der Waals surface area contributed by atoms with Crippen LogP contribution < -0.4 is 19.5 Å². The molecule has 2 aromatic carbocycles. The second kappa shape index (κ2) is 12.5. The summed E-state index contributed by atoms with van der Waals surface area (Å²) in [5.74, 6) is 2.47. The van der Waals surface area contributed by atoms with Crippen LogP contribution in [0.4, 0.5) is 0 Å². The zero-order valence-corrected chi connectivity index (χ0v) is 19.9. The number of aromatic nitrogens is 1. The number of rotatable bonds is 12. The number of hydrogen-bond donors (Lipinski definition) is 1. The number of methoxy groups -OCH3 is 2. The Kier molecular flexibility index (Phi) is 9.11. The van der Waals surface area contributed by atoms with Gasteiger partial charge in [0.2, 0.25) is 5.91 Å². The average molecular weight is 467 g/mol. The van der Waals surface area contributed by atoms with E-state index in [0.717, 1.165) is 33.9 Å². The molecule has 0 radical (unpaired) electrons. The summed E-state index contributed by atoms with van der Waals surface area (Å²) >= 11 is 0. The van der Waals surface area contributed by atoms with Crippen molar-refractivity contribution >= 4 is 12.0 Å². The van der Waals surface area contributed by atoms with Crippen LogP contribution in [-0.4, -0.2) is 38.5 Å². The molecule has 0 aliphatic carbocycles. The Morgan fingerprint density at radius 2 is 1.82 bits per heavy atom. The number of aryl methyl sites for hydroxylation is 2. The minimum Gasteiger partial charge on any atom is -0.493 e. The first-order valence-electron chi connectivity index (χ1n) is 10.9. The number of ether oxygens (including phenoxy) is 4. The standard InChI is InChI=1S/C26H30N2O6/c1-18-23(19(2)34-28-18)17-33-24-11-7-20(15-25(24)31-4)8-12-26(29)27-16-21-5-9-22(10-6-21)32-14-13-30-3/h5-12,15H,13-14,16-17H2,1-4H3,(H,27,29)/b12-8+. The normalized spacial score (nSPS) is 10.9. The molecular weight excluding hydrogens is 436 g/mol. The Morgan fingerprint density at radius 3 is 2.50 bits per heavy atom. The third-order valence-corrected chi connectivity index (χ3v) is 5.11. The molecular formula is C26H30N2O6. The summed E-state index contributed by atoms with van der Waals surface area (Å²) in [5, 5.41) is 6.80. The molecule has 34 heavy (non-hydrogen) atoms. The summed E-state index contributed by atoms with van der Waals surface area (Å²) in [4.78, 5) is 12.2. The summed E-state index contributed by atoms with van der Waals surface area (Å²) in [6.07, 6.45) is 3.21. The molecule has 8 nitrogen and oxygen atoms in total. The number of carbonyl (C=O) groups excluding carboxylic acids is 1. The van der Waals surface area contributed by atoms with Crippen LogP contribution in [0.5, 0.6) is 17.2 Å². The molecule has 0 atom stereocenters. The number of hydrogen-bond acceptors (Lipinski definition) is 7. The first-order chi connectivity index (χ1) is 16.5. The van der Waals surface area contributed by atoms with Crippen LogP contribution in [-0.2, 0) is 22.7 Å². The molecule has 0 saturated heterocycles. The monoisotopic (exact) mass is 466 g/mol. The number of nitrogens with zero attached hydrogens (tertiary/aromatic N) is 1. The summed E-state index contributed by atoms with van der Waals surface area (Å²) in [6, 6.07) is 13.1. The highest BCUT2D eigenvalue weighted by Gasteiger charge is 2.12. The predicted molar refractivity (Wildman–Crippen MR) is 128 cm³/mol. The lowest BCUT2D eigenvalue weighted by molar-refractivity contribution is -0.116. The van der Waals surface area contributed by atoms with Crippen LogP contribution in [0.3, 0.4) is 0 Å². The van der Waals surface area contributed by atoms with Gasteiger partial charge in [-0.05, 0) is 55.3 Å². The quantitative estimate of drug-likeness (QED) is 0.315. The lowest BCUT2D eigenvalue weighted by Crippen LogP contribution is -2.20. The first-order valence-corrected chi connectivity index (χ1v) is 10.9. The molecule has 1 N–H and O–H groups in total. The number of amides is 1. The smallest absolute Gasteiger partial charge is 0.244 e. The maximum absolute atomic E-state index is 12.2. The van der Waals surface area contributed by atoms with Crippen LogP contribution in [0.25, 0.3) is 6.08 Å². The highest BCUT2D eigenvalue weighted by Crippen LogP contribution is 2.30. The van der Waals surface area contributed by atoms with Crippen molar-refractivity contribution in [2.24, 2.45) is 0 Å². The SMILES string of the molecule is COCCOc1ccc(CNC(=O)/C=C/c2ccc(OCc3c(C)noc3C)c(OC)c2)cc1. The van der Waals surface area contributed by atoms with Crippen LogP contribution in [0.15, 0.2) is 53.1 Å². The van der Waals surface area contributed by atoms with Gasteiger partial charge in [-0.2, -0.15) is 0 Å². The van der Waals surface area contributed by atoms with Gasteiger partial charge in [-0.3, -0.25) is 4.79 Å². The van der Waals surface area contributed by atoms with Crippen molar-refractivity contribution in [3.05, 3.63) is 76.7 Å². The van der Waals surface area contributed by atoms with Gasteiger partial charge in [0, 0.05) is 19.7 Å². The fourth-order valence-electron chi connectivity index (χ4n) is 3.13. The molecule has 0 saturated carbocycles. The van der Waals surface area contributed by atoms with Crippen molar-refractivity contribution in [1.29, 1.82) is 0 Å². The van der Waals surface area contributed by atoms with E-state index in [4.69, 9.17) is 23.5 Å². The lowest BCUT2D eigenvalue weighted by atomic mass is 10.1. The fraction of sp³-hybridized carbons (Fsp3) is 0.308. The van der Waals surface area contributed by atoms with E-state index < -0.39 is 0 Å². The van der Waals surface area contributed by atoms with Crippen molar-refractivity contribution < 1.29 is 28.3 Å². The third-order valence-electron chi connectivity index (χ3n) is 5.11. The lowest BCUT2D eigenvalue weighted by Gasteiger charge is -2.11. The minimum atomic E-state index is -0.196. The molecule has 0 aliphatic rings. The highest BCUT2D eigenvalue weighted by molar-refractivity contribution is 5.91. The van der Waals surface area contributed by atoms with Gasteiger partial charge in [0.15, 0.2) is 11.5 Å². The van der Waals surface area contributed by atoms with Crippen LogP contribution in [0.2, 0.25) is 0 Å². The van der Waals surface area contributed by atoms with E-state index in [0.29, 0.717) is 37.9 Å². The molecule has 1 heterocycles. The van der Waals surface area contributed by atoms with Crippen LogP contribution in [0.1, 0.15) is 28.1 Å². The van der Waals surface area contributed by atoms with Gasteiger partial charge in [-0.1, -0.05) is 23.4 Å². The number of benzene rings is 2. The van der Waals surface area contributed by atoms with Crippen LogP contribution in [0, 0.1) is 13.8 Å². The average Bonchev–Trinajstić information content (AvgIpc) is 3.18. The Labute approximate surface area is 199 Å². The van der Waals surface area contributed by atoms with E-state index in [9.17, 15) is 4.79 Å². The Morgan fingerprint density at radius 1 is 1.03 bits per heavy atom. The van der Waals surface area contributed by atoms with E-state index >= 15 is 0 Å². The second-order valence-corrected chi connectivity index (χ2v) is 7.54. The van der Waals surface area contributed by atoms with Gasteiger partial charge < -0.3 is 28.8 Å². The molecule has 180 valence electrons. The first kappa shape index (κ1) is 24.9. The van der Waals surface area contributed by atoms with Gasteiger partial charge in [0.25, 0.3) is 0 Å². The van der Waals surface area contributed by atoms with E-state index in [-0.39, 0.29) is 5.91 Å². The molecule has 3 rings (SSSR count). The van der Waals surface area contributed by atoms with Crippen molar-refractivity contribution in [3.63, 3.8) is 0 Å². The molecule has 0 unspecified atom stereocenters. The molecule has 3 aromatic rings. The predicted octanol–water partition coefficient (Wildman–Crippen LogP) is 4.23.